The Bertz CT molecular complexity index is 376. The second-order valence-corrected chi connectivity index (χ2v) is 4.60. The van der Waals surface area contributed by atoms with Crippen molar-refractivity contribution in [1.29, 1.82) is 0 Å². The van der Waals surface area contributed by atoms with Crippen molar-refractivity contribution in [2.24, 2.45) is 0 Å². The Balaban J connectivity index is 0.00000289. The van der Waals surface area contributed by atoms with Crippen molar-refractivity contribution in [3.63, 3.8) is 0 Å². The van der Waals surface area contributed by atoms with Gasteiger partial charge in [-0.2, -0.15) is 0 Å². The molecule has 0 aliphatic heterocycles. The van der Waals surface area contributed by atoms with Crippen molar-refractivity contribution < 1.29 is 34.3 Å². The maximum Gasteiger partial charge on any atom is 1.00 e. The van der Waals surface area contributed by atoms with Gasteiger partial charge in [0.1, 0.15) is 6.61 Å². The van der Waals surface area contributed by atoms with Gasteiger partial charge in [0.25, 0.3) is 0 Å². The molecule has 0 fully saturated rings. The van der Waals surface area contributed by atoms with E-state index in [-0.39, 0.29) is 33.9 Å². The standard InChI is InChI=1S/C11H14N2OS3.Na/c15-10(12-6-7-14-11(16)17)13-8-9-4-2-1-3-5-9;/h1-5H,6-8H2,(H,16,17)(H2,12,13,15);/q;+1/p-1. The van der Waals surface area contributed by atoms with E-state index in [2.05, 4.69) is 35.5 Å². The van der Waals surface area contributed by atoms with E-state index in [0.29, 0.717) is 24.8 Å². The smallest absolute Gasteiger partial charge is 0.512 e. The molecule has 18 heavy (non-hydrogen) atoms. The second-order valence-electron chi connectivity index (χ2n) is 3.19. The van der Waals surface area contributed by atoms with E-state index in [9.17, 15) is 0 Å². The number of thiocarbonyl (C=S) groups is 2. The van der Waals surface area contributed by atoms with E-state index < -0.39 is 0 Å². The molecule has 1 rings (SSSR count). The molecule has 1 aromatic rings. The summed E-state index contributed by atoms with van der Waals surface area (Å²) in [7, 11) is 0. The number of hydrogen-bond donors (Lipinski definition) is 2. The van der Waals surface area contributed by atoms with E-state index in [4.69, 9.17) is 17.0 Å². The Morgan fingerprint density at radius 2 is 1.83 bits per heavy atom. The summed E-state index contributed by atoms with van der Waals surface area (Å²) in [5.74, 6) is 0. The predicted octanol–water partition coefficient (Wildman–Crippen LogP) is -1.50. The van der Waals surface area contributed by atoms with Gasteiger partial charge in [-0.1, -0.05) is 30.3 Å². The topological polar surface area (TPSA) is 33.3 Å². The Hall–Kier alpha value is 0.0200. The minimum absolute atomic E-state index is 0. The Labute approximate surface area is 146 Å². The number of ether oxygens (including phenoxy) is 1. The molecule has 0 saturated heterocycles. The van der Waals surface area contributed by atoms with Gasteiger partial charge in [-0.15, -0.1) is 0 Å². The average molecular weight is 308 g/mol. The van der Waals surface area contributed by atoms with E-state index in [1.54, 1.807) is 0 Å². The van der Waals surface area contributed by atoms with Crippen LogP contribution in [0.25, 0.3) is 0 Å². The molecule has 2 N–H and O–H groups in total. The number of rotatable bonds is 5. The molecule has 92 valence electrons. The van der Waals surface area contributed by atoms with Crippen LogP contribution in [0.15, 0.2) is 30.3 Å². The van der Waals surface area contributed by atoms with Crippen LogP contribution in [0.3, 0.4) is 0 Å². The van der Waals surface area contributed by atoms with Gasteiger partial charge < -0.3 is 40.2 Å². The monoisotopic (exact) mass is 308 g/mol. The van der Waals surface area contributed by atoms with Crippen LogP contribution in [-0.4, -0.2) is 22.6 Å². The molecule has 0 aromatic heterocycles. The first-order valence-corrected chi connectivity index (χ1v) is 6.30. The van der Waals surface area contributed by atoms with Gasteiger partial charge in [-0.25, -0.2) is 0 Å². The summed E-state index contributed by atoms with van der Waals surface area (Å²) in [6, 6.07) is 10.0. The quantitative estimate of drug-likeness (QED) is 0.298. The summed E-state index contributed by atoms with van der Waals surface area (Å²) in [6.07, 6.45) is 0. The molecular weight excluding hydrogens is 295 g/mol. The molecule has 3 nitrogen and oxygen atoms in total. The molecule has 0 aliphatic carbocycles. The zero-order valence-electron chi connectivity index (χ0n) is 10.1. The predicted molar refractivity (Wildman–Crippen MR) is 79.8 cm³/mol. The molecule has 0 aliphatic rings. The van der Waals surface area contributed by atoms with Gasteiger partial charge in [0.15, 0.2) is 5.11 Å². The fourth-order valence-corrected chi connectivity index (χ4v) is 1.48. The van der Waals surface area contributed by atoms with Crippen LogP contribution in [0, 0.1) is 0 Å². The fourth-order valence-electron chi connectivity index (χ4n) is 1.14. The SMILES string of the molecule is S=C(NCCOC(=S)[S-])NCc1ccccc1.[Na+]. The summed E-state index contributed by atoms with van der Waals surface area (Å²) in [4.78, 5) is 0. The minimum atomic E-state index is 0. The number of nitrogens with one attached hydrogen (secondary N) is 2. The molecule has 0 spiro atoms. The van der Waals surface area contributed by atoms with Gasteiger partial charge in [-0.05, 0) is 17.8 Å². The normalized spacial score (nSPS) is 8.89. The summed E-state index contributed by atoms with van der Waals surface area (Å²) in [5, 5.41) is 6.68. The first-order chi connectivity index (χ1) is 8.18. The Morgan fingerprint density at radius 1 is 1.17 bits per heavy atom. The first-order valence-electron chi connectivity index (χ1n) is 5.08. The number of hydrogen-bond acceptors (Lipinski definition) is 4. The molecule has 0 heterocycles. The van der Waals surface area contributed by atoms with Crippen LogP contribution < -0.4 is 40.2 Å². The van der Waals surface area contributed by atoms with Crippen molar-refractivity contribution in [1.82, 2.24) is 10.6 Å². The van der Waals surface area contributed by atoms with E-state index >= 15 is 0 Å². The summed E-state index contributed by atoms with van der Waals surface area (Å²) < 4.78 is 5.09. The van der Waals surface area contributed by atoms with E-state index in [1.807, 2.05) is 30.3 Å². The molecule has 0 unspecified atom stereocenters. The molecular formula is C11H13N2NaOS3. The average Bonchev–Trinajstić information content (AvgIpc) is 2.33. The Morgan fingerprint density at radius 3 is 2.44 bits per heavy atom. The van der Waals surface area contributed by atoms with Crippen LogP contribution in [0.2, 0.25) is 0 Å². The van der Waals surface area contributed by atoms with Gasteiger partial charge in [0, 0.05) is 10.9 Å². The summed E-state index contributed by atoms with van der Waals surface area (Å²) in [5.41, 5.74) is 1.18. The third-order valence-corrected chi connectivity index (χ3v) is 2.43. The van der Waals surface area contributed by atoms with Crippen molar-refractivity contribution in [3.8, 4) is 0 Å². The Kier molecular flexibility index (Phi) is 10.9. The third kappa shape index (κ3) is 9.02. The van der Waals surface area contributed by atoms with Gasteiger partial charge in [-0.3, -0.25) is 0 Å². The largest absolute Gasteiger partial charge is 1.00 e. The second kappa shape index (κ2) is 10.9. The number of benzene rings is 1. The van der Waals surface area contributed by atoms with E-state index in [0.717, 1.165) is 0 Å². The zero-order valence-corrected chi connectivity index (χ0v) is 14.6. The third-order valence-electron chi connectivity index (χ3n) is 1.90. The van der Waals surface area contributed by atoms with Crippen molar-refractivity contribution in [2.75, 3.05) is 13.2 Å². The molecule has 0 bridgehead atoms. The van der Waals surface area contributed by atoms with Crippen molar-refractivity contribution in [3.05, 3.63) is 35.9 Å². The van der Waals surface area contributed by atoms with Crippen LogP contribution in [0.4, 0.5) is 0 Å². The van der Waals surface area contributed by atoms with Crippen molar-refractivity contribution >= 4 is 46.6 Å². The zero-order chi connectivity index (χ0) is 12.5. The van der Waals surface area contributed by atoms with Gasteiger partial charge in [0.2, 0.25) is 0 Å². The molecule has 0 radical (unpaired) electrons. The van der Waals surface area contributed by atoms with Crippen molar-refractivity contribution in [2.45, 2.75) is 6.54 Å². The molecule has 1 aromatic carbocycles. The van der Waals surface area contributed by atoms with Crippen LogP contribution >= 0.6 is 24.4 Å². The minimum Gasteiger partial charge on any atom is -0.512 e. The summed E-state index contributed by atoms with van der Waals surface area (Å²) >= 11 is 14.3. The van der Waals surface area contributed by atoms with Gasteiger partial charge >= 0.3 is 29.6 Å². The van der Waals surface area contributed by atoms with Crippen LogP contribution in [0.1, 0.15) is 5.56 Å². The molecule has 0 saturated carbocycles. The fraction of sp³-hybridized carbons (Fsp3) is 0.273. The van der Waals surface area contributed by atoms with E-state index in [1.165, 1.54) is 5.56 Å². The maximum atomic E-state index is 5.10. The van der Waals surface area contributed by atoms with Crippen LogP contribution in [-0.2, 0) is 23.9 Å². The van der Waals surface area contributed by atoms with Crippen LogP contribution in [0.5, 0.6) is 0 Å². The molecule has 0 atom stereocenters. The molecule has 7 heteroatoms. The molecule has 0 amide bonds. The maximum absolute atomic E-state index is 5.10. The first kappa shape index (κ1) is 18.0. The summed E-state index contributed by atoms with van der Waals surface area (Å²) in [6.45, 7) is 1.71. The van der Waals surface area contributed by atoms with Gasteiger partial charge in [0.05, 0.1) is 6.54 Å².